The van der Waals surface area contributed by atoms with Gasteiger partial charge in [0.2, 0.25) is 0 Å². The normalized spacial score (nSPS) is 12.2. The first-order chi connectivity index (χ1) is 33.1. The van der Waals surface area contributed by atoms with Crippen molar-refractivity contribution >= 4 is 81.5 Å². The predicted octanol–water partition coefficient (Wildman–Crippen LogP) is 13.2. The van der Waals surface area contributed by atoms with Crippen LogP contribution in [0.4, 0.5) is 45.5 Å². The lowest BCUT2D eigenvalue weighted by Gasteiger charge is -2.25. The van der Waals surface area contributed by atoms with Crippen molar-refractivity contribution < 1.29 is 10.2 Å². The van der Waals surface area contributed by atoms with Gasteiger partial charge in [0.15, 0.2) is 0 Å². The van der Waals surface area contributed by atoms with E-state index in [1.54, 1.807) is 23.5 Å². The summed E-state index contributed by atoms with van der Waals surface area (Å²) in [6.45, 7) is 0.666. The van der Waals surface area contributed by atoms with Crippen LogP contribution in [-0.4, -0.2) is 64.5 Å². The molecule has 0 aliphatic rings. The molecule has 0 radical (unpaired) electrons. The number of aliphatic hydroxyl groups excluding tert-OH is 2. The van der Waals surface area contributed by atoms with Crippen molar-refractivity contribution in [2.45, 2.75) is 12.2 Å². The number of hydrogen-bond donors (Lipinski definition) is 2. The minimum absolute atomic E-state index is 0.333. The Bertz CT molecular complexity index is 2430. The second kappa shape index (κ2) is 24.4. The fourth-order valence-electron chi connectivity index (χ4n) is 7.46. The van der Waals surface area contributed by atoms with E-state index in [-0.39, 0.29) is 0 Å². The van der Waals surface area contributed by atoms with Gasteiger partial charge < -0.3 is 20.0 Å². The highest BCUT2D eigenvalue weighted by atomic mass is 32.2. The molecule has 8 rings (SSSR count). The second-order valence-corrected chi connectivity index (χ2v) is 18.1. The molecule has 2 atom stereocenters. The Kier molecular flexibility index (Phi) is 16.9. The molecule has 0 saturated heterocycles. The third-order valence-corrected chi connectivity index (χ3v) is 13.3. The van der Waals surface area contributed by atoms with Gasteiger partial charge in [0.05, 0.1) is 49.1 Å². The van der Waals surface area contributed by atoms with Crippen molar-refractivity contribution in [2.24, 2.45) is 10.2 Å². The molecule has 10 heteroatoms. The van der Waals surface area contributed by atoms with Gasteiger partial charge >= 0.3 is 0 Å². The van der Waals surface area contributed by atoms with E-state index >= 15 is 0 Å². The van der Waals surface area contributed by atoms with E-state index in [0.717, 1.165) is 61.7 Å². The number of hydrazone groups is 2. The molecule has 8 aromatic carbocycles. The number of anilines is 8. The molecule has 0 aromatic heterocycles. The highest BCUT2D eigenvalue weighted by Gasteiger charge is 2.16. The smallest absolute Gasteiger partial charge is 0.0826 e. The monoisotopic (exact) mass is 918 g/mol. The molecule has 67 heavy (non-hydrogen) atoms. The van der Waals surface area contributed by atoms with Crippen molar-refractivity contribution in [2.75, 3.05) is 49.5 Å². The van der Waals surface area contributed by atoms with Gasteiger partial charge in [-0.25, -0.2) is 0 Å². The summed E-state index contributed by atoms with van der Waals surface area (Å²) in [6, 6.07) is 77.9. The zero-order valence-electron chi connectivity index (χ0n) is 37.2. The molecular formula is C57H54N6O2S2. The zero-order chi connectivity index (χ0) is 45.9. The van der Waals surface area contributed by atoms with Gasteiger partial charge in [-0.2, -0.15) is 10.2 Å². The summed E-state index contributed by atoms with van der Waals surface area (Å²) in [6.07, 6.45) is 2.43. The molecule has 0 aliphatic heterocycles. The third kappa shape index (κ3) is 13.5. The average Bonchev–Trinajstić information content (AvgIpc) is 3.39. The number of hydrogen-bond acceptors (Lipinski definition) is 10. The predicted molar refractivity (Wildman–Crippen MR) is 287 cm³/mol. The molecule has 2 unspecified atom stereocenters. The fourth-order valence-corrected chi connectivity index (χ4v) is 9.46. The van der Waals surface area contributed by atoms with Crippen molar-refractivity contribution in [3.05, 3.63) is 242 Å². The Balaban J connectivity index is 0.836. The molecule has 0 bridgehead atoms. The number of rotatable bonds is 22. The maximum atomic E-state index is 11.2. The molecule has 0 spiro atoms. The summed E-state index contributed by atoms with van der Waals surface area (Å²) < 4.78 is 0. The fraction of sp³-hybridized carbons (Fsp3) is 0.123. The van der Waals surface area contributed by atoms with Crippen LogP contribution in [0.25, 0.3) is 0 Å². The lowest BCUT2D eigenvalue weighted by Crippen LogP contribution is -2.30. The van der Waals surface area contributed by atoms with E-state index in [9.17, 15) is 10.2 Å². The van der Waals surface area contributed by atoms with Gasteiger partial charge in [-0.1, -0.05) is 133 Å². The van der Waals surface area contributed by atoms with E-state index in [1.807, 2.05) is 156 Å². The molecule has 0 saturated carbocycles. The largest absolute Gasteiger partial charge is 0.390 e. The summed E-state index contributed by atoms with van der Waals surface area (Å²) in [5, 5.41) is 36.6. The van der Waals surface area contributed by atoms with Crippen molar-refractivity contribution in [1.82, 2.24) is 0 Å². The first-order valence-corrected chi connectivity index (χ1v) is 24.6. The molecule has 0 fully saturated rings. The topological polar surface area (TPSA) is 78.1 Å². The van der Waals surface area contributed by atoms with Gasteiger partial charge in [0, 0.05) is 50.7 Å². The number of para-hydroxylation sites is 6. The highest BCUT2D eigenvalue weighted by molar-refractivity contribution is 8.16. The number of thioether (sulfide) groups is 2. The molecule has 0 aliphatic carbocycles. The van der Waals surface area contributed by atoms with E-state index in [4.69, 9.17) is 10.2 Å². The summed E-state index contributed by atoms with van der Waals surface area (Å²) >= 11 is 3.30. The Labute approximate surface area is 403 Å². The van der Waals surface area contributed by atoms with Gasteiger partial charge in [-0.15, -0.1) is 23.5 Å². The standard InChI is InChI=1S/C57H54N6O2S2/c64-56(41-60(48-19-7-1-8-20-48)58-39-46-31-35-54(36-32-46)62(50-23-11-3-12-24-50)51-25-13-4-14-26-51)43-66-45-67-44-57(65)42-61(49-21-9-2-10-22-49)59-40-47-33-37-55(38-34-47)63(52-27-15-5-16-28-52)53-29-17-6-18-30-53/h1-40,56-57,64-65H,41-45H2/b58-39-,59-40-. The van der Waals surface area contributed by atoms with E-state index in [2.05, 4.69) is 107 Å². The number of nitrogens with zero attached hydrogens (tertiary/aromatic N) is 6. The maximum absolute atomic E-state index is 11.2. The molecule has 0 heterocycles. The van der Waals surface area contributed by atoms with Gasteiger partial charge in [0.25, 0.3) is 0 Å². The van der Waals surface area contributed by atoms with E-state index in [1.165, 1.54) is 0 Å². The van der Waals surface area contributed by atoms with Crippen LogP contribution in [0.5, 0.6) is 0 Å². The Morgan fingerprint density at radius 2 is 0.597 bits per heavy atom. The Morgan fingerprint density at radius 3 is 0.881 bits per heavy atom. The van der Waals surface area contributed by atoms with Crippen LogP contribution in [0.3, 0.4) is 0 Å². The summed E-state index contributed by atoms with van der Waals surface area (Å²) in [5.74, 6) is 1.05. The van der Waals surface area contributed by atoms with E-state index in [0.29, 0.717) is 24.6 Å². The minimum atomic E-state index is -0.628. The Hall–Kier alpha value is -7.08. The van der Waals surface area contributed by atoms with Crippen molar-refractivity contribution in [3.63, 3.8) is 0 Å². The molecular weight excluding hydrogens is 865 g/mol. The molecule has 8 aromatic rings. The third-order valence-electron chi connectivity index (χ3n) is 10.7. The number of aliphatic hydroxyl groups is 2. The Morgan fingerprint density at radius 1 is 0.343 bits per heavy atom. The zero-order valence-corrected chi connectivity index (χ0v) is 38.8. The first-order valence-electron chi connectivity index (χ1n) is 22.3. The van der Waals surface area contributed by atoms with Crippen LogP contribution >= 0.6 is 23.5 Å². The van der Waals surface area contributed by atoms with Crippen LogP contribution in [0.1, 0.15) is 11.1 Å². The van der Waals surface area contributed by atoms with Gasteiger partial charge in [-0.3, -0.25) is 10.0 Å². The maximum Gasteiger partial charge on any atom is 0.0826 e. The van der Waals surface area contributed by atoms with Crippen LogP contribution in [0.2, 0.25) is 0 Å². The summed E-state index contributed by atoms with van der Waals surface area (Å²) in [7, 11) is 0. The lowest BCUT2D eigenvalue weighted by atomic mass is 10.1. The SMILES string of the molecule is OC(CSCSCC(O)CN(/N=C\c1ccc(N(c2ccccc2)c2ccccc2)cc1)c1ccccc1)CN(/N=C\c1ccc(N(c2ccccc2)c2ccccc2)cc1)c1ccccc1. The van der Waals surface area contributed by atoms with Crippen LogP contribution < -0.4 is 19.8 Å². The summed E-state index contributed by atoms with van der Waals surface area (Å²) in [4.78, 5) is 4.46. The van der Waals surface area contributed by atoms with Crippen molar-refractivity contribution in [3.8, 4) is 0 Å². The molecule has 8 nitrogen and oxygen atoms in total. The lowest BCUT2D eigenvalue weighted by molar-refractivity contribution is 0.205. The quantitative estimate of drug-likeness (QED) is 0.0301. The summed E-state index contributed by atoms with van der Waals surface area (Å²) in [5.41, 5.74) is 10.1. The first kappa shape index (κ1) is 46.4. The van der Waals surface area contributed by atoms with Crippen LogP contribution in [-0.2, 0) is 0 Å². The van der Waals surface area contributed by atoms with E-state index < -0.39 is 12.2 Å². The van der Waals surface area contributed by atoms with Gasteiger partial charge in [0.1, 0.15) is 0 Å². The van der Waals surface area contributed by atoms with Crippen LogP contribution in [0.15, 0.2) is 241 Å². The molecule has 0 amide bonds. The number of benzene rings is 8. The van der Waals surface area contributed by atoms with Crippen molar-refractivity contribution in [1.29, 1.82) is 0 Å². The minimum Gasteiger partial charge on any atom is -0.390 e. The molecule has 2 N–H and O–H groups in total. The van der Waals surface area contributed by atoms with Crippen LogP contribution in [0, 0.1) is 0 Å². The second-order valence-electron chi connectivity index (χ2n) is 15.7. The molecule has 336 valence electrons. The van der Waals surface area contributed by atoms with Gasteiger partial charge in [-0.05, 0) is 108 Å². The average molecular weight is 919 g/mol. The highest BCUT2D eigenvalue weighted by Crippen LogP contribution is 2.35.